The average molecular weight is 218 g/mol. The number of amides is 1. The van der Waals surface area contributed by atoms with Crippen molar-refractivity contribution in [1.82, 2.24) is 10.6 Å². The van der Waals surface area contributed by atoms with Crippen LogP contribution in [-0.2, 0) is 14.3 Å². The molecule has 15 heavy (non-hydrogen) atoms. The molecule has 0 bridgehead atoms. The highest BCUT2D eigenvalue weighted by Gasteiger charge is 2.24. The number of carbonyl (C=O) groups is 2. The Morgan fingerprint density at radius 3 is 2.47 bits per heavy atom. The van der Waals surface area contributed by atoms with Gasteiger partial charge in [0.25, 0.3) is 0 Å². The zero-order valence-corrected chi connectivity index (χ0v) is 9.29. The quantitative estimate of drug-likeness (QED) is 0.487. The molecule has 0 saturated carbocycles. The van der Waals surface area contributed by atoms with Gasteiger partial charge in [-0.15, -0.1) is 0 Å². The number of carboxylic acid groups (broad SMARTS) is 1. The molecular formula is C9H18N2O4. The maximum atomic E-state index is 11.4. The van der Waals surface area contributed by atoms with Crippen LogP contribution in [0.2, 0.25) is 0 Å². The fourth-order valence-corrected chi connectivity index (χ4v) is 0.731. The third-order valence-electron chi connectivity index (χ3n) is 1.95. The van der Waals surface area contributed by atoms with E-state index in [1.54, 1.807) is 20.9 Å². The lowest BCUT2D eigenvalue weighted by atomic mass is 10.1. The summed E-state index contributed by atoms with van der Waals surface area (Å²) in [4.78, 5) is 21.5. The number of aliphatic carboxylic acids is 1. The van der Waals surface area contributed by atoms with Gasteiger partial charge in [0, 0.05) is 6.54 Å². The Kier molecular flexibility index (Phi) is 5.88. The largest absolute Gasteiger partial charge is 0.480 e. The van der Waals surface area contributed by atoms with E-state index in [4.69, 9.17) is 9.84 Å². The molecule has 0 saturated heterocycles. The molecular weight excluding hydrogens is 200 g/mol. The Morgan fingerprint density at radius 2 is 2.00 bits per heavy atom. The van der Waals surface area contributed by atoms with Crippen LogP contribution in [-0.4, -0.2) is 49.3 Å². The summed E-state index contributed by atoms with van der Waals surface area (Å²) in [6.45, 7) is 3.65. The first-order chi connectivity index (χ1) is 6.90. The number of carboxylic acids is 1. The molecule has 0 radical (unpaired) electrons. The third kappa shape index (κ3) is 6.03. The summed E-state index contributed by atoms with van der Waals surface area (Å²) in [5.74, 6) is -1.17. The predicted molar refractivity (Wildman–Crippen MR) is 54.6 cm³/mol. The van der Waals surface area contributed by atoms with Crippen molar-refractivity contribution in [2.24, 2.45) is 0 Å². The minimum Gasteiger partial charge on any atom is -0.480 e. The van der Waals surface area contributed by atoms with E-state index in [0.717, 1.165) is 0 Å². The lowest BCUT2D eigenvalue weighted by Gasteiger charge is -2.22. The first kappa shape index (κ1) is 13.9. The van der Waals surface area contributed by atoms with Crippen molar-refractivity contribution >= 4 is 11.9 Å². The number of carbonyl (C=O) groups excluding carboxylic acids is 1. The normalized spacial score (nSPS) is 11.1. The topological polar surface area (TPSA) is 87.7 Å². The van der Waals surface area contributed by atoms with Crippen LogP contribution in [0, 0.1) is 0 Å². The van der Waals surface area contributed by atoms with E-state index in [0.29, 0.717) is 6.54 Å². The molecule has 0 aromatic rings. The van der Waals surface area contributed by atoms with E-state index >= 15 is 0 Å². The highest BCUT2D eigenvalue weighted by Crippen LogP contribution is 1.99. The van der Waals surface area contributed by atoms with Crippen LogP contribution in [0.25, 0.3) is 0 Å². The smallest absolute Gasteiger partial charge is 0.329 e. The number of nitrogens with one attached hydrogen (secondary N) is 2. The van der Waals surface area contributed by atoms with E-state index in [9.17, 15) is 9.59 Å². The van der Waals surface area contributed by atoms with Crippen molar-refractivity contribution in [3.05, 3.63) is 0 Å². The molecule has 0 heterocycles. The standard InChI is InChI=1S/C9H18N2O4/c1-9(2,10-3)8(14)11-4-5-15-6-7(12)13/h10H,4-6H2,1-3H3,(H,11,14)(H,12,13). The van der Waals surface area contributed by atoms with Gasteiger partial charge in [0.15, 0.2) is 0 Å². The van der Waals surface area contributed by atoms with Crippen LogP contribution in [0.5, 0.6) is 0 Å². The van der Waals surface area contributed by atoms with E-state index in [2.05, 4.69) is 10.6 Å². The van der Waals surface area contributed by atoms with E-state index < -0.39 is 11.5 Å². The van der Waals surface area contributed by atoms with E-state index in [1.807, 2.05) is 0 Å². The molecule has 6 heteroatoms. The van der Waals surface area contributed by atoms with Crippen molar-refractivity contribution in [3.8, 4) is 0 Å². The molecule has 0 aliphatic heterocycles. The Bertz CT molecular complexity index is 228. The van der Waals surface area contributed by atoms with Gasteiger partial charge >= 0.3 is 5.97 Å². The Hall–Kier alpha value is -1.14. The number of rotatable bonds is 7. The van der Waals surface area contributed by atoms with Crippen LogP contribution < -0.4 is 10.6 Å². The van der Waals surface area contributed by atoms with Gasteiger partial charge in [0.1, 0.15) is 6.61 Å². The summed E-state index contributed by atoms with van der Waals surface area (Å²) in [5, 5.41) is 13.7. The minimum absolute atomic E-state index is 0.149. The highest BCUT2D eigenvalue weighted by molar-refractivity contribution is 5.85. The monoisotopic (exact) mass is 218 g/mol. The Labute approximate surface area is 89.0 Å². The highest BCUT2D eigenvalue weighted by atomic mass is 16.5. The molecule has 0 aromatic heterocycles. The zero-order chi connectivity index (χ0) is 11.9. The molecule has 0 aliphatic rings. The van der Waals surface area contributed by atoms with Crippen LogP contribution in [0.15, 0.2) is 0 Å². The second-order valence-electron chi connectivity index (χ2n) is 3.58. The number of likely N-dealkylation sites (N-methyl/N-ethyl adjacent to an activating group) is 1. The molecule has 0 fully saturated rings. The van der Waals surface area contributed by atoms with Crippen molar-refractivity contribution in [1.29, 1.82) is 0 Å². The summed E-state index contributed by atoms with van der Waals surface area (Å²) in [6.07, 6.45) is 0. The Balaban J connectivity index is 3.60. The van der Waals surface area contributed by atoms with Crippen LogP contribution in [0.1, 0.15) is 13.8 Å². The third-order valence-corrected chi connectivity index (χ3v) is 1.95. The van der Waals surface area contributed by atoms with Gasteiger partial charge in [0.05, 0.1) is 12.1 Å². The molecule has 0 unspecified atom stereocenters. The minimum atomic E-state index is -1.02. The molecule has 0 spiro atoms. The van der Waals surface area contributed by atoms with Gasteiger partial charge in [-0.05, 0) is 20.9 Å². The van der Waals surface area contributed by atoms with E-state index in [1.165, 1.54) is 0 Å². The average Bonchev–Trinajstić information content (AvgIpc) is 2.16. The van der Waals surface area contributed by atoms with Crippen LogP contribution in [0.3, 0.4) is 0 Å². The second-order valence-corrected chi connectivity index (χ2v) is 3.58. The fourth-order valence-electron chi connectivity index (χ4n) is 0.731. The molecule has 0 aromatic carbocycles. The molecule has 0 aliphatic carbocycles. The van der Waals surface area contributed by atoms with Gasteiger partial charge in [-0.3, -0.25) is 4.79 Å². The van der Waals surface area contributed by atoms with Crippen LogP contribution in [0.4, 0.5) is 0 Å². The molecule has 0 rings (SSSR count). The molecule has 6 nitrogen and oxygen atoms in total. The summed E-state index contributed by atoms with van der Waals surface area (Å²) in [7, 11) is 1.69. The van der Waals surface area contributed by atoms with Crippen LogP contribution >= 0.6 is 0 Å². The number of ether oxygens (including phenoxy) is 1. The summed E-state index contributed by atoms with van der Waals surface area (Å²) >= 11 is 0. The maximum absolute atomic E-state index is 11.4. The number of hydrogen-bond acceptors (Lipinski definition) is 4. The van der Waals surface area contributed by atoms with Gasteiger partial charge in [-0.1, -0.05) is 0 Å². The maximum Gasteiger partial charge on any atom is 0.329 e. The molecule has 0 atom stereocenters. The van der Waals surface area contributed by atoms with Gasteiger partial charge < -0.3 is 20.5 Å². The van der Waals surface area contributed by atoms with Crippen molar-refractivity contribution < 1.29 is 19.4 Å². The summed E-state index contributed by atoms with van der Waals surface area (Å²) < 4.78 is 4.76. The zero-order valence-electron chi connectivity index (χ0n) is 9.29. The van der Waals surface area contributed by atoms with Crippen molar-refractivity contribution in [3.63, 3.8) is 0 Å². The molecule has 3 N–H and O–H groups in total. The second kappa shape index (κ2) is 6.36. The van der Waals surface area contributed by atoms with Gasteiger partial charge in [0.2, 0.25) is 5.91 Å². The SMILES string of the molecule is CNC(C)(C)C(=O)NCCOCC(=O)O. The number of hydrogen-bond donors (Lipinski definition) is 3. The Morgan fingerprint density at radius 1 is 1.40 bits per heavy atom. The van der Waals surface area contributed by atoms with Gasteiger partial charge in [-0.25, -0.2) is 4.79 Å². The van der Waals surface area contributed by atoms with E-state index in [-0.39, 0.29) is 19.1 Å². The van der Waals surface area contributed by atoms with Crippen molar-refractivity contribution in [2.45, 2.75) is 19.4 Å². The van der Waals surface area contributed by atoms with Crippen molar-refractivity contribution in [2.75, 3.05) is 26.8 Å². The lowest BCUT2D eigenvalue weighted by molar-refractivity contribution is -0.142. The summed E-state index contributed by atoms with van der Waals surface area (Å²) in [5.41, 5.74) is -0.632. The predicted octanol–water partition coefficient (Wildman–Crippen LogP) is -0.798. The van der Waals surface area contributed by atoms with Gasteiger partial charge in [-0.2, -0.15) is 0 Å². The lowest BCUT2D eigenvalue weighted by Crippen LogP contribution is -2.51. The molecule has 1 amide bonds. The molecule has 88 valence electrons. The first-order valence-electron chi connectivity index (χ1n) is 4.67. The fraction of sp³-hybridized carbons (Fsp3) is 0.778. The first-order valence-corrected chi connectivity index (χ1v) is 4.67. The summed E-state index contributed by atoms with van der Waals surface area (Å²) in [6, 6.07) is 0.